The Bertz CT molecular complexity index is 1330. The fraction of sp³-hybridized carbons (Fsp3) is 0.130. The summed E-state index contributed by atoms with van der Waals surface area (Å²) in [6, 6.07) is 0. The van der Waals surface area contributed by atoms with Crippen molar-refractivity contribution in [2.24, 2.45) is 5.92 Å². The second kappa shape index (κ2) is 10.4. The monoisotopic (exact) mass is 614 g/mol. The number of halogens is 15. The van der Waals surface area contributed by atoms with Gasteiger partial charge in [0, 0.05) is 5.92 Å². The Kier molecular flexibility index (Phi) is 8.04. The molecule has 216 valence electrons. The lowest BCUT2D eigenvalue weighted by Gasteiger charge is -2.36. The first-order valence-electron chi connectivity index (χ1n) is 10.3. The van der Waals surface area contributed by atoms with Gasteiger partial charge in [0.15, 0.2) is 69.8 Å². The summed E-state index contributed by atoms with van der Waals surface area (Å²) in [6.07, 6.45) is 0. The molecule has 3 aromatic rings. The Morgan fingerprint density at radius 2 is 0.600 bits per heavy atom. The third-order valence-electron chi connectivity index (χ3n) is 5.61. The Balaban J connectivity index is 2.92. The SMILES string of the molecule is C=C(O[Si](c1c(F)c(F)c(F)c(F)c1F)(c1c(F)c(F)c(F)c(F)c1F)c1c(F)c(F)c(F)c(F)c1F)C(C)C. The van der Waals surface area contributed by atoms with Crippen LogP contribution in [0, 0.1) is 93.2 Å². The fourth-order valence-electron chi connectivity index (χ4n) is 3.58. The van der Waals surface area contributed by atoms with Crippen molar-refractivity contribution in [1.29, 1.82) is 0 Å². The highest BCUT2D eigenvalue weighted by Crippen LogP contribution is 2.30. The van der Waals surface area contributed by atoms with Crippen LogP contribution in [0.1, 0.15) is 13.8 Å². The minimum atomic E-state index is -7.36. The van der Waals surface area contributed by atoms with Crippen molar-refractivity contribution in [3.8, 4) is 0 Å². The first kappa shape index (κ1) is 30.9. The second-order valence-corrected chi connectivity index (χ2v) is 11.3. The first-order chi connectivity index (χ1) is 18.4. The normalized spacial score (nSPS) is 11.9. The molecule has 0 saturated heterocycles. The smallest absolute Gasteiger partial charge is 0.364 e. The maximum Gasteiger partial charge on any atom is 0.364 e. The van der Waals surface area contributed by atoms with E-state index in [4.69, 9.17) is 4.43 Å². The molecule has 0 atom stereocenters. The summed E-state index contributed by atoms with van der Waals surface area (Å²) in [5.74, 6) is -48.7. The van der Waals surface area contributed by atoms with Crippen LogP contribution in [0.25, 0.3) is 0 Å². The van der Waals surface area contributed by atoms with E-state index in [0.717, 1.165) is 13.8 Å². The molecule has 0 bridgehead atoms. The van der Waals surface area contributed by atoms with Gasteiger partial charge in [-0.1, -0.05) is 20.4 Å². The summed E-state index contributed by atoms with van der Waals surface area (Å²) >= 11 is 0. The van der Waals surface area contributed by atoms with Gasteiger partial charge in [-0.05, 0) is 0 Å². The predicted molar refractivity (Wildman–Crippen MR) is 108 cm³/mol. The molecule has 0 unspecified atom stereocenters. The van der Waals surface area contributed by atoms with Crippen molar-refractivity contribution in [2.45, 2.75) is 13.8 Å². The van der Waals surface area contributed by atoms with E-state index in [1.165, 1.54) is 0 Å². The van der Waals surface area contributed by atoms with Crippen molar-refractivity contribution in [2.75, 3.05) is 0 Å². The summed E-state index contributed by atoms with van der Waals surface area (Å²) in [5, 5.41) is -8.34. The average Bonchev–Trinajstić information content (AvgIpc) is 2.90. The highest BCUT2D eigenvalue weighted by molar-refractivity contribution is 7.07. The highest BCUT2D eigenvalue weighted by Gasteiger charge is 2.59. The van der Waals surface area contributed by atoms with E-state index in [2.05, 4.69) is 6.58 Å². The van der Waals surface area contributed by atoms with Gasteiger partial charge in [-0.15, -0.1) is 0 Å². The number of rotatable bonds is 6. The van der Waals surface area contributed by atoms with Gasteiger partial charge in [0.25, 0.3) is 0 Å². The largest absolute Gasteiger partial charge is 0.533 e. The molecule has 3 aromatic carbocycles. The van der Waals surface area contributed by atoms with Crippen LogP contribution in [0.4, 0.5) is 65.9 Å². The predicted octanol–water partition coefficient (Wildman–Crippen LogP) is 5.93. The van der Waals surface area contributed by atoms with E-state index in [0.29, 0.717) is 0 Å². The molecule has 0 amide bonds. The van der Waals surface area contributed by atoms with Gasteiger partial charge in [0.2, 0.25) is 17.5 Å². The van der Waals surface area contributed by atoms with Gasteiger partial charge in [0.05, 0.1) is 21.3 Å². The molecule has 0 radical (unpaired) electrons. The number of benzene rings is 3. The van der Waals surface area contributed by atoms with Gasteiger partial charge >= 0.3 is 8.32 Å². The number of hydrogen-bond donors (Lipinski definition) is 0. The lowest BCUT2D eigenvalue weighted by atomic mass is 10.2. The summed E-state index contributed by atoms with van der Waals surface area (Å²) in [6.45, 7) is 5.12. The van der Waals surface area contributed by atoms with Crippen molar-refractivity contribution in [3.63, 3.8) is 0 Å². The summed E-state index contributed by atoms with van der Waals surface area (Å²) in [7, 11) is -7.36. The molecule has 0 aromatic heterocycles. The maximum atomic E-state index is 15.2. The third kappa shape index (κ3) is 4.21. The molecule has 0 fully saturated rings. The molecule has 0 N–H and O–H groups in total. The van der Waals surface area contributed by atoms with Crippen LogP contribution in [-0.2, 0) is 4.43 Å². The van der Waals surface area contributed by atoms with E-state index in [9.17, 15) is 39.5 Å². The van der Waals surface area contributed by atoms with Crippen LogP contribution in [-0.4, -0.2) is 8.32 Å². The van der Waals surface area contributed by atoms with Gasteiger partial charge in [-0.2, -0.15) is 0 Å². The van der Waals surface area contributed by atoms with Crippen LogP contribution in [0.2, 0.25) is 0 Å². The molecule has 0 aliphatic rings. The molecular weight excluding hydrogens is 605 g/mol. The lowest BCUT2D eigenvalue weighted by Crippen LogP contribution is -2.75. The molecular formula is C23H9F15OSi. The van der Waals surface area contributed by atoms with Crippen LogP contribution in [0.15, 0.2) is 12.3 Å². The Morgan fingerprint density at radius 1 is 0.425 bits per heavy atom. The van der Waals surface area contributed by atoms with E-state index in [-0.39, 0.29) is 0 Å². The first-order valence-corrected chi connectivity index (χ1v) is 12.2. The topological polar surface area (TPSA) is 9.23 Å². The van der Waals surface area contributed by atoms with E-state index < -0.39 is 123 Å². The molecule has 0 spiro atoms. The Morgan fingerprint density at radius 3 is 0.775 bits per heavy atom. The standard InChI is InChI=1S/C23H9F15OSi/c1-4(2)5(3)39-40(21-15(33)9(27)6(24)10(28)16(21)34,22-17(35)11(29)7(25)12(30)18(22)36)23-19(37)13(31)8(26)14(32)20(23)38/h4H,3H2,1-2H3. The van der Waals surface area contributed by atoms with Crippen LogP contribution in [0.3, 0.4) is 0 Å². The molecule has 40 heavy (non-hydrogen) atoms. The molecule has 3 rings (SSSR count). The van der Waals surface area contributed by atoms with Crippen LogP contribution < -0.4 is 15.6 Å². The third-order valence-corrected chi connectivity index (χ3v) is 9.61. The summed E-state index contributed by atoms with van der Waals surface area (Å²) in [5.41, 5.74) is 0. The van der Waals surface area contributed by atoms with E-state index in [1.54, 1.807) is 0 Å². The van der Waals surface area contributed by atoms with Crippen LogP contribution in [0.5, 0.6) is 0 Å². The molecule has 1 nitrogen and oxygen atoms in total. The van der Waals surface area contributed by atoms with Crippen molar-refractivity contribution in [3.05, 3.63) is 99.6 Å². The van der Waals surface area contributed by atoms with Gasteiger partial charge < -0.3 is 4.43 Å². The summed E-state index contributed by atoms with van der Waals surface area (Å²) in [4.78, 5) is 0. The second-order valence-electron chi connectivity index (χ2n) is 8.24. The molecule has 0 saturated carbocycles. The summed E-state index contributed by atoms with van der Waals surface area (Å²) < 4.78 is 223. The van der Waals surface area contributed by atoms with Crippen molar-refractivity contribution in [1.82, 2.24) is 0 Å². The van der Waals surface area contributed by atoms with Gasteiger partial charge in [0.1, 0.15) is 0 Å². The average molecular weight is 614 g/mol. The highest BCUT2D eigenvalue weighted by atomic mass is 28.4. The Hall–Kier alpha value is -3.63. The zero-order valence-electron chi connectivity index (χ0n) is 19.4. The molecule has 0 heterocycles. The minimum Gasteiger partial charge on any atom is -0.533 e. The number of hydrogen-bond acceptors (Lipinski definition) is 1. The van der Waals surface area contributed by atoms with Crippen molar-refractivity contribution < 1.29 is 70.3 Å². The van der Waals surface area contributed by atoms with E-state index in [1.807, 2.05) is 0 Å². The number of allylic oxidation sites excluding steroid dienone is 1. The molecule has 0 aliphatic carbocycles. The maximum absolute atomic E-state index is 15.2. The molecule has 0 aliphatic heterocycles. The zero-order valence-corrected chi connectivity index (χ0v) is 20.4. The van der Waals surface area contributed by atoms with Gasteiger partial charge in [-0.25, -0.2) is 65.9 Å². The molecule has 17 heteroatoms. The lowest BCUT2D eigenvalue weighted by molar-refractivity contribution is 0.350. The van der Waals surface area contributed by atoms with E-state index >= 15 is 26.3 Å². The fourth-order valence-corrected chi connectivity index (χ4v) is 7.78. The van der Waals surface area contributed by atoms with Crippen LogP contribution >= 0.6 is 0 Å². The van der Waals surface area contributed by atoms with Gasteiger partial charge in [-0.3, -0.25) is 0 Å². The minimum absolute atomic E-state index is 1.02. The zero-order chi connectivity index (χ0) is 30.8. The quantitative estimate of drug-likeness (QED) is 0.0837. The Labute approximate surface area is 214 Å². The van der Waals surface area contributed by atoms with Crippen molar-refractivity contribution >= 4 is 23.9 Å².